The van der Waals surface area contributed by atoms with Crippen LogP contribution in [-0.2, 0) is 13.0 Å². The predicted octanol–water partition coefficient (Wildman–Crippen LogP) is 4.59. The predicted molar refractivity (Wildman–Crippen MR) is 123 cm³/mol. The molecule has 8 heteroatoms. The molecule has 3 aromatic rings. The standard InChI is InChI=1S/C24H30N8/c1-3-4-8-23-27-15-20(31-23)16-32-11-6-5-7-22(32)21-12-24(29-17(2)28-21)30-19-10-9-18(13-25)26-14-19/h9-10,12,14-15,22H,3-8,11,16H2,1-2H3,(H,27,31)(H,28,29,30). The number of H-pyrrole nitrogens is 1. The number of imidazole rings is 1. The third-order valence-corrected chi connectivity index (χ3v) is 5.78. The van der Waals surface area contributed by atoms with Crippen molar-refractivity contribution in [2.24, 2.45) is 0 Å². The summed E-state index contributed by atoms with van der Waals surface area (Å²) in [7, 11) is 0. The molecule has 8 nitrogen and oxygen atoms in total. The van der Waals surface area contributed by atoms with Crippen molar-refractivity contribution in [3.63, 3.8) is 0 Å². The van der Waals surface area contributed by atoms with Gasteiger partial charge in [-0.1, -0.05) is 19.8 Å². The lowest BCUT2D eigenvalue weighted by atomic mass is 9.98. The molecule has 0 spiro atoms. The van der Waals surface area contributed by atoms with E-state index in [4.69, 9.17) is 10.2 Å². The van der Waals surface area contributed by atoms with Gasteiger partial charge in [0.25, 0.3) is 0 Å². The molecule has 0 saturated carbocycles. The molecule has 166 valence electrons. The zero-order valence-electron chi connectivity index (χ0n) is 18.8. The highest BCUT2D eigenvalue weighted by Gasteiger charge is 2.26. The Kier molecular flexibility index (Phi) is 7.07. The topological polar surface area (TPSA) is 106 Å². The van der Waals surface area contributed by atoms with Crippen LogP contribution in [0.15, 0.2) is 30.6 Å². The summed E-state index contributed by atoms with van der Waals surface area (Å²) in [5.74, 6) is 2.56. The fourth-order valence-electron chi connectivity index (χ4n) is 4.20. The lowest BCUT2D eigenvalue weighted by molar-refractivity contribution is 0.135. The van der Waals surface area contributed by atoms with Crippen molar-refractivity contribution in [3.05, 3.63) is 59.3 Å². The summed E-state index contributed by atoms with van der Waals surface area (Å²) >= 11 is 0. The number of aromatic nitrogens is 5. The van der Waals surface area contributed by atoms with Crippen LogP contribution in [0.1, 0.15) is 73.8 Å². The molecule has 1 unspecified atom stereocenters. The first-order valence-corrected chi connectivity index (χ1v) is 11.4. The molecular formula is C24H30N8. The quantitative estimate of drug-likeness (QED) is 0.538. The molecule has 0 amide bonds. The SMILES string of the molecule is CCCCc1ncc(CN2CCCCC2c2cc(Nc3ccc(C#N)nc3)nc(C)n2)[nH]1. The smallest absolute Gasteiger partial charge is 0.140 e. The van der Waals surface area contributed by atoms with Gasteiger partial charge < -0.3 is 10.3 Å². The largest absolute Gasteiger partial charge is 0.345 e. The maximum atomic E-state index is 8.94. The Balaban J connectivity index is 1.51. The van der Waals surface area contributed by atoms with Crippen LogP contribution in [0.4, 0.5) is 11.5 Å². The van der Waals surface area contributed by atoms with Gasteiger partial charge in [0.2, 0.25) is 0 Å². The maximum absolute atomic E-state index is 8.94. The summed E-state index contributed by atoms with van der Waals surface area (Å²) in [6.07, 6.45) is 10.4. The van der Waals surface area contributed by atoms with E-state index in [1.807, 2.05) is 31.3 Å². The van der Waals surface area contributed by atoms with Crippen molar-refractivity contribution >= 4 is 11.5 Å². The van der Waals surface area contributed by atoms with Gasteiger partial charge in [0.15, 0.2) is 0 Å². The van der Waals surface area contributed by atoms with E-state index in [2.05, 4.69) is 37.1 Å². The van der Waals surface area contributed by atoms with E-state index < -0.39 is 0 Å². The zero-order valence-corrected chi connectivity index (χ0v) is 18.8. The molecule has 4 rings (SSSR count). The second-order valence-electron chi connectivity index (χ2n) is 8.33. The normalized spacial score (nSPS) is 16.6. The molecule has 0 aliphatic carbocycles. The van der Waals surface area contributed by atoms with Crippen LogP contribution < -0.4 is 5.32 Å². The van der Waals surface area contributed by atoms with Crippen molar-refractivity contribution < 1.29 is 0 Å². The van der Waals surface area contributed by atoms with Crippen molar-refractivity contribution in [2.45, 2.75) is 65.0 Å². The Bertz CT molecular complexity index is 1070. The second kappa shape index (κ2) is 10.3. The summed E-state index contributed by atoms with van der Waals surface area (Å²) in [6.45, 7) is 6.01. The number of aromatic amines is 1. The van der Waals surface area contributed by atoms with Crippen molar-refractivity contribution in [3.8, 4) is 6.07 Å². The van der Waals surface area contributed by atoms with Gasteiger partial charge in [0.05, 0.1) is 23.6 Å². The minimum Gasteiger partial charge on any atom is -0.345 e. The van der Waals surface area contributed by atoms with Gasteiger partial charge in [-0.05, 0) is 44.9 Å². The van der Waals surface area contributed by atoms with Gasteiger partial charge in [0, 0.05) is 30.9 Å². The van der Waals surface area contributed by atoms with E-state index in [0.29, 0.717) is 5.69 Å². The summed E-state index contributed by atoms with van der Waals surface area (Å²) in [5.41, 5.74) is 3.39. The molecule has 32 heavy (non-hydrogen) atoms. The molecule has 2 N–H and O–H groups in total. The van der Waals surface area contributed by atoms with Crippen LogP contribution in [0, 0.1) is 18.3 Å². The summed E-state index contributed by atoms with van der Waals surface area (Å²) in [5, 5.41) is 12.2. The number of unbranched alkanes of at least 4 members (excludes halogenated alkanes) is 1. The van der Waals surface area contributed by atoms with E-state index in [-0.39, 0.29) is 6.04 Å². The number of piperidine rings is 1. The molecular weight excluding hydrogens is 400 g/mol. The summed E-state index contributed by atoms with van der Waals surface area (Å²) < 4.78 is 0. The Morgan fingerprint density at radius 1 is 1.22 bits per heavy atom. The highest BCUT2D eigenvalue weighted by molar-refractivity contribution is 5.55. The second-order valence-corrected chi connectivity index (χ2v) is 8.33. The van der Waals surface area contributed by atoms with Crippen LogP contribution in [0.2, 0.25) is 0 Å². The Hall–Kier alpha value is -3.31. The van der Waals surface area contributed by atoms with Gasteiger partial charge in [0.1, 0.15) is 29.2 Å². The fraction of sp³-hybridized carbons (Fsp3) is 0.458. The molecule has 0 radical (unpaired) electrons. The average Bonchev–Trinajstić information content (AvgIpc) is 3.25. The molecule has 1 aliphatic rings. The van der Waals surface area contributed by atoms with Crippen molar-refractivity contribution in [1.29, 1.82) is 5.26 Å². The van der Waals surface area contributed by atoms with E-state index in [1.165, 1.54) is 19.3 Å². The number of nitrogens with one attached hydrogen (secondary N) is 2. The minimum atomic E-state index is 0.243. The lowest BCUT2D eigenvalue weighted by Gasteiger charge is -2.35. The minimum absolute atomic E-state index is 0.243. The van der Waals surface area contributed by atoms with Gasteiger partial charge in [-0.3, -0.25) is 4.90 Å². The molecule has 4 heterocycles. The Morgan fingerprint density at radius 2 is 2.12 bits per heavy atom. The molecule has 0 aromatic carbocycles. The highest BCUT2D eigenvalue weighted by Crippen LogP contribution is 2.32. The van der Waals surface area contributed by atoms with Gasteiger partial charge in [-0.2, -0.15) is 5.26 Å². The summed E-state index contributed by atoms with van der Waals surface area (Å²) in [6, 6.07) is 7.85. The molecule has 3 aromatic heterocycles. The van der Waals surface area contributed by atoms with Crippen molar-refractivity contribution in [1.82, 2.24) is 29.8 Å². The molecule has 0 bridgehead atoms. The third kappa shape index (κ3) is 5.48. The number of nitriles is 1. The van der Waals surface area contributed by atoms with E-state index >= 15 is 0 Å². The number of nitrogens with zero attached hydrogens (tertiary/aromatic N) is 6. The average molecular weight is 431 g/mol. The maximum Gasteiger partial charge on any atom is 0.140 e. The molecule has 1 aliphatic heterocycles. The van der Waals surface area contributed by atoms with E-state index in [0.717, 1.165) is 66.9 Å². The molecule has 1 saturated heterocycles. The monoisotopic (exact) mass is 430 g/mol. The van der Waals surface area contributed by atoms with Gasteiger partial charge >= 0.3 is 0 Å². The van der Waals surface area contributed by atoms with Crippen LogP contribution >= 0.6 is 0 Å². The number of likely N-dealkylation sites (tertiary alicyclic amines) is 1. The number of hydrogen-bond donors (Lipinski definition) is 2. The van der Waals surface area contributed by atoms with Crippen molar-refractivity contribution in [2.75, 3.05) is 11.9 Å². The number of hydrogen-bond acceptors (Lipinski definition) is 7. The first kappa shape index (κ1) is 21.9. The van der Waals surface area contributed by atoms with Crippen LogP contribution in [0.3, 0.4) is 0 Å². The number of pyridine rings is 1. The Labute approximate surface area is 189 Å². The number of aryl methyl sites for hydroxylation is 2. The van der Waals surface area contributed by atoms with Gasteiger partial charge in [-0.15, -0.1) is 0 Å². The van der Waals surface area contributed by atoms with Crippen LogP contribution in [-0.4, -0.2) is 36.4 Å². The van der Waals surface area contributed by atoms with Crippen LogP contribution in [0.25, 0.3) is 0 Å². The number of anilines is 2. The van der Waals surface area contributed by atoms with Crippen LogP contribution in [0.5, 0.6) is 0 Å². The molecule has 1 fully saturated rings. The first-order chi connectivity index (χ1) is 15.6. The van der Waals surface area contributed by atoms with E-state index in [9.17, 15) is 0 Å². The van der Waals surface area contributed by atoms with E-state index in [1.54, 1.807) is 12.3 Å². The Morgan fingerprint density at radius 3 is 2.91 bits per heavy atom. The molecule has 1 atom stereocenters. The third-order valence-electron chi connectivity index (χ3n) is 5.78. The zero-order chi connectivity index (χ0) is 22.3. The number of rotatable bonds is 8. The summed E-state index contributed by atoms with van der Waals surface area (Å²) in [4.78, 5) is 24.0. The lowest BCUT2D eigenvalue weighted by Crippen LogP contribution is -2.33. The fourth-order valence-corrected chi connectivity index (χ4v) is 4.20. The first-order valence-electron chi connectivity index (χ1n) is 11.4. The highest BCUT2D eigenvalue weighted by atomic mass is 15.2. The van der Waals surface area contributed by atoms with Gasteiger partial charge in [-0.25, -0.2) is 19.9 Å².